The molecule has 3 N–H and O–H groups in total. The molecule has 0 aliphatic carbocycles. The predicted octanol–water partition coefficient (Wildman–Crippen LogP) is 4.48. The maximum atomic E-state index is 6.06. The van der Waals surface area contributed by atoms with Crippen LogP contribution >= 0.6 is 24.0 Å². The van der Waals surface area contributed by atoms with Crippen molar-refractivity contribution >= 4 is 35.6 Å². The minimum Gasteiger partial charge on any atom is -0.493 e. The van der Waals surface area contributed by atoms with Crippen molar-refractivity contribution in [2.24, 2.45) is 10.7 Å². The van der Waals surface area contributed by atoms with Crippen molar-refractivity contribution in [3.8, 4) is 5.75 Å². The molecule has 2 rings (SSSR count). The lowest BCUT2D eigenvalue weighted by atomic mass is 10.1. The van der Waals surface area contributed by atoms with E-state index >= 15 is 0 Å². The third-order valence-corrected chi connectivity index (χ3v) is 3.68. The highest BCUT2D eigenvalue weighted by atomic mass is 127. The summed E-state index contributed by atoms with van der Waals surface area (Å²) >= 11 is 0. The molecule has 6 heteroatoms. The van der Waals surface area contributed by atoms with Crippen LogP contribution in [0, 0.1) is 6.92 Å². The van der Waals surface area contributed by atoms with Crippen LogP contribution in [0.1, 0.15) is 30.0 Å². The molecule has 0 amide bonds. The van der Waals surface area contributed by atoms with Crippen molar-refractivity contribution in [3.63, 3.8) is 0 Å². The lowest BCUT2D eigenvalue weighted by Gasteiger charge is -2.12. The van der Waals surface area contributed by atoms with Gasteiger partial charge in [-0.15, -0.1) is 24.0 Å². The van der Waals surface area contributed by atoms with Gasteiger partial charge in [-0.05, 0) is 31.0 Å². The Morgan fingerprint density at radius 3 is 2.65 bits per heavy atom. The molecular weight excluding hydrogens is 441 g/mol. The molecule has 0 aromatic heterocycles. The highest BCUT2D eigenvalue weighted by molar-refractivity contribution is 14.0. The number of methoxy groups -OCH3 is 1. The van der Waals surface area contributed by atoms with E-state index in [0.717, 1.165) is 29.0 Å². The molecule has 0 atom stereocenters. The minimum absolute atomic E-state index is 0. The first-order valence-electron chi connectivity index (χ1n) is 8.50. The third-order valence-electron chi connectivity index (χ3n) is 3.68. The van der Waals surface area contributed by atoms with Gasteiger partial charge in [0.05, 0.1) is 19.8 Å². The zero-order chi connectivity index (χ0) is 18.1. The number of para-hydroxylation sites is 1. The van der Waals surface area contributed by atoms with Gasteiger partial charge in [-0.25, -0.2) is 4.99 Å². The van der Waals surface area contributed by atoms with Crippen LogP contribution in [0.15, 0.2) is 47.5 Å². The van der Waals surface area contributed by atoms with Crippen LogP contribution in [0.4, 0.5) is 5.69 Å². The van der Waals surface area contributed by atoms with Crippen LogP contribution in [0.5, 0.6) is 5.75 Å². The fourth-order valence-corrected chi connectivity index (χ4v) is 2.41. The van der Waals surface area contributed by atoms with E-state index in [1.165, 1.54) is 5.56 Å². The summed E-state index contributed by atoms with van der Waals surface area (Å²) in [6.07, 6.45) is 0.969. The molecular formula is C20H28IN3O2. The quantitative estimate of drug-likeness (QED) is 0.340. The average Bonchev–Trinajstić information content (AvgIpc) is 2.61. The SMILES string of the molecule is CCCOc1cc(C)ccc1CN=C(N)Nc1ccccc1COC.I. The smallest absolute Gasteiger partial charge is 0.193 e. The van der Waals surface area contributed by atoms with Gasteiger partial charge >= 0.3 is 0 Å². The van der Waals surface area contributed by atoms with Gasteiger partial charge < -0.3 is 20.5 Å². The summed E-state index contributed by atoms with van der Waals surface area (Å²) < 4.78 is 11.0. The van der Waals surface area contributed by atoms with Gasteiger partial charge in [-0.1, -0.05) is 37.3 Å². The zero-order valence-electron chi connectivity index (χ0n) is 15.6. The number of benzene rings is 2. The maximum Gasteiger partial charge on any atom is 0.193 e. The summed E-state index contributed by atoms with van der Waals surface area (Å²) in [6.45, 7) is 5.81. The molecule has 0 saturated carbocycles. The Labute approximate surface area is 173 Å². The highest BCUT2D eigenvalue weighted by Gasteiger charge is 2.05. The van der Waals surface area contributed by atoms with Crippen LogP contribution in [-0.2, 0) is 17.9 Å². The Morgan fingerprint density at radius 2 is 1.92 bits per heavy atom. The minimum atomic E-state index is 0. The Bertz CT molecular complexity index is 720. The van der Waals surface area contributed by atoms with Crippen molar-refractivity contribution in [1.29, 1.82) is 0 Å². The highest BCUT2D eigenvalue weighted by Crippen LogP contribution is 2.22. The summed E-state index contributed by atoms with van der Waals surface area (Å²) in [5.74, 6) is 1.24. The van der Waals surface area contributed by atoms with E-state index in [0.29, 0.717) is 25.7 Å². The fourth-order valence-electron chi connectivity index (χ4n) is 2.41. The number of hydrogen-bond acceptors (Lipinski definition) is 3. The predicted molar refractivity (Wildman–Crippen MR) is 118 cm³/mol. The molecule has 0 aliphatic rings. The topological polar surface area (TPSA) is 68.9 Å². The van der Waals surface area contributed by atoms with E-state index in [1.807, 2.05) is 36.4 Å². The monoisotopic (exact) mass is 469 g/mol. The second kappa shape index (κ2) is 11.7. The molecule has 2 aromatic rings. The van der Waals surface area contributed by atoms with E-state index in [1.54, 1.807) is 7.11 Å². The van der Waals surface area contributed by atoms with E-state index < -0.39 is 0 Å². The number of hydrogen-bond donors (Lipinski definition) is 2. The van der Waals surface area contributed by atoms with Crippen molar-refractivity contribution in [2.45, 2.75) is 33.4 Å². The van der Waals surface area contributed by atoms with Crippen LogP contribution < -0.4 is 15.8 Å². The van der Waals surface area contributed by atoms with Gasteiger partial charge in [0.2, 0.25) is 0 Å². The number of halogens is 1. The summed E-state index contributed by atoms with van der Waals surface area (Å²) in [5.41, 5.74) is 10.2. The second-order valence-corrected chi connectivity index (χ2v) is 5.88. The fraction of sp³-hybridized carbons (Fsp3) is 0.350. The van der Waals surface area contributed by atoms with Crippen molar-refractivity contribution in [3.05, 3.63) is 59.2 Å². The van der Waals surface area contributed by atoms with E-state index in [2.05, 4.69) is 30.2 Å². The average molecular weight is 469 g/mol. The van der Waals surface area contributed by atoms with Crippen LogP contribution in [0.2, 0.25) is 0 Å². The Hall–Kier alpha value is -1.80. The van der Waals surface area contributed by atoms with Gasteiger partial charge in [-0.3, -0.25) is 0 Å². The lowest BCUT2D eigenvalue weighted by Crippen LogP contribution is -2.23. The zero-order valence-corrected chi connectivity index (χ0v) is 17.9. The van der Waals surface area contributed by atoms with Gasteiger partial charge in [0.1, 0.15) is 5.75 Å². The number of nitrogens with zero attached hydrogens (tertiary/aromatic N) is 1. The number of guanidine groups is 1. The first-order valence-corrected chi connectivity index (χ1v) is 8.50. The van der Waals surface area contributed by atoms with E-state index in [-0.39, 0.29) is 24.0 Å². The molecule has 0 radical (unpaired) electrons. The van der Waals surface area contributed by atoms with Crippen molar-refractivity contribution < 1.29 is 9.47 Å². The third kappa shape index (κ3) is 6.84. The van der Waals surface area contributed by atoms with Crippen LogP contribution in [0.25, 0.3) is 0 Å². The lowest BCUT2D eigenvalue weighted by molar-refractivity contribution is 0.185. The normalized spacial score (nSPS) is 11.0. The number of rotatable bonds is 8. The molecule has 26 heavy (non-hydrogen) atoms. The van der Waals surface area contributed by atoms with Crippen molar-refractivity contribution in [2.75, 3.05) is 19.0 Å². The molecule has 0 bridgehead atoms. The second-order valence-electron chi connectivity index (χ2n) is 5.88. The summed E-state index contributed by atoms with van der Waals surface area (Å²) in [7, 11) is 1.67. The van der Waals surface area contributed by atoms with E-state index in [4.69, 9.17) is 15.2 Å². The molecule has 0 saturated heterocycles. The van der Waals surface area contributed by atoms with Gasteiger partial charge in [0.15, 0.2) is 5.96 Å². The summed E-state index contributed by atoms with van der Waals surface area (Å²) in [5, 5.41) is 3.15. The first-order chi connectivity index (χ1) is 12.1. The Kier molecular flexibility index (Phi) is 10.0. The van der Waals surface area contributed by atoms with Gasteiger partial charge in [-0.2, -0.15) is 0 Å². The summed E-state index contributed by atoms with van der Waals surface area (Å²) in [4.78, 5) is 4.45. The molecule has 2 aromatic carbocycles. The number of nitrogens with one attached hydrogen (secondary N) is 1. The van der Waals surface area contributed by atoms with Gasteiger partial charge in [0.25, 0.3) is 0 Å². The number of anilines is 1. The number of aliphatic imine (C=N–C) groups is 1. The molecule has 5 nitrogen and oxygen atoms in total. The largest absolute Gasteiger partial charge is 0.493 e. The summed E-state index contributed by atoms with van der Waals surface area (Å²) in [6, 6.07) is 14.0. The standard InChI is InChI=1S/C20H27N3O2.HI/c1-4-11-25-19-12-15(2)9-10-16(19)13-22-20(21)23-18-8-6-5-7-17(18)14-24-3;/h5-10,12H,4,11,13-14H2,1-3H3,(H3,21,22,23);1H. The van der Waals surface area contributed by atoms with Crippen molar-refractivity contribution in [1.82, 2.24) is 0 Å². The molecule has 0 fully saturated rings. The first kappa shape index (κ1) is 22.2. The molecule has 0 spiro atoms. The Balaban J connectivity index is 0.00000338. The molecule has 0 aliphatic heterocycles. The molecule has 142 valence electrons. The number of aryl methyl sites for hydroxylation is 1. The van der Waals surface area contributed by atoms with Gasteiger partial charge in [0, 0.05) is 23.9 Å². The van der Waals surface area contributed by atoms with Crippen LogP contribution in [-0.4, -0.2) is 19.7 Å². The molecule has 0 heterocycles. The Morgan fingerprint density at radius 1 is 1.15 bits per heavy atom. The maximum absolute atomic E-state index is 6.06. The van der Waals surface area contributed by atoms with Crippen LogP contribution in [0.3, 0.4) is 0 Å². The molecule has 0 unspecified atom stereocenters. The van der Waals surface area contributed by atoms with E-state index in [9.17, 15) is 0 Å². The number of nitrogens with two attached hydrogens (primary N) is 1. The number of ether oxygens (including phenoxy) is 2.